The SMILES string of the molecule is CNC(=O)ON=C1C(C2COCCO2)=CC=CC1(C)C. The number of carbonyl (C=O) groups is 1. The first-order valence-corrected chi connectivity index (χ1v) is 6.61. The van der Waals surface area contributed by atoms with Gasteiger partial charge in [-0.05, 0) is 0 Å². The van der Waals surface area contributed by atoms with Gasteiger partial charge in [0.15, 0.2) is 0 Å². The van der Waals surface area contributed by atoms with Crippen LogP contribution in [-0.2, 0) is 14.3 Å². The molecule has 1 fully saturated rings. The van der Waals surface area contributed by atoms with E-state index in [2.05, 4.69) is 10.5 Å². The molecule has 110 valence electrons. The minimum atomic E-state index is -0.594. The van der Waals surface area contributed by atoms with Gasteiger partial charge in [-0.3, -0.25) is 4.84 Å². The van der Waals surface area contributed by atoms with Gasteiger partial charge in [0.2, 0.25) is 0 Å². The van der Waals surface area contributed by atoms with Crippen LogP contribution in [0.1, 0.15) is 13.8 Å². The number of rotatable bonds is 2. The number of hydrogen-bond donors (Lipinski definition) is 1. The Kier molecular flexibility index (Phi) is 4.57. The fraction of sp³-hybridized carbons (Fsp3) is 0.571. The van der Waals surface area contributed by atoms with Gasteiger partial charge in [-0.15, -0.1) is 0 Å². The minimum Gasteiger partial charge on any atom is -0.376 e. The van der Waals surface area contributed by atoms with Gasteiger partial charge in [0.05, 0.1) is 25.5 Å². The van der Waals surface area contributed by atoms with E-state index < -0.39 is 6.09 Å². The minimum absolute atomic E-state index is 0.181. The molecule has 2 rings (SSSR count). The van der Waals surface area contributed by atoms with E-state index in [0.29, 0.717) is 25.5 Å². The summed E-state index contributed by atoms with van der Waals surface area (Å²) < 4.78 is 11.1. The fourth-order valence-corrected chi connectivity index (χ4v) is 2.15. The molecule has 0 saturated carbocycles. The topological polar surface area (TPSA) is 69.2 Å². The van der Waals surface area contributed by atoms with E-state index in [1.54, 1.807) is 0 Å². The predicted octanol–water partition coefficient (Wildman–Crippen LogP) is 1.64. The zero-order valence-corrected chi connectivity index (χ0v) is 12.0. The highest BCUT2D eigenvalue weighted by Crippen LogP contribution is 2.31. The zero-order chi connectivity index (χ0) is 14.6. The smallest absolute Gasteiger partial charge is 0.376 e. The molecule has 0 spiro atoms. The average Bonchev–Trinajstić information content (AvgIpc) is 2.45. The van der Waals surface area contributed by atoms with Crippen LogP contribution in [0.3, 0.4) is 0 Å². The second kappa shape index (κ2) is 6.19. The van der Waals surface area contributed by atoms with Crippen LogP contribution in [0.5, 0.6) is 0 Å². The van der Waals surface area contributed by atoms with E-state index in [1.165, 1.54) is 7.05 Å². The molecule has 1 saturated heterocycles. The molecule has 6 heteroatoms. The molecule has 0 radical (unpaired) electrons. The number of allylic oxidation sites excluding steroid dienone is 3. The highest BCUT2D eigenvalue weighted by atomic mass is 16.7. The van der Waals surface area contributed by atoms with Crippen molar-refractivity contribution in [3.05, 3.63) is 23.8 Å². The van der Waals surface area contributed by atoms with Gasteiger partial charge in [-0.2, -0.15) is 0 Å². The van der Waals surface area contributed by atoms with Gasteiger partial charge >= 0.3 is 6.09 Å². The lowest BCUT2D eigenvalue weighted by Gasteiger charge is -2.32. The molecule has 1 N–H and O–H groups in total. The summed E-state index contributed by atoms with van der Waals surface area (Å²) in [7, 11) is 1.49. The van der Waals surface area contributed by atoms with Crippen molar-refractivity contribution in [3.8, 4) is 0 Å². The molecule has 0 aromatic carbocycles. The molecule has 1 aliphatic carbocycles. The lowest BCUT2D eigenvalue weighted by molar-refractivity contribution is -0.0703. The van der Waals surface area contributed by atoms with E-state index in [0.717, 1.165) is 5.57 Å². The molecule has 6 nitrogen and oxygen atoms in total. The van der Waals surface area contributed by atoms with Crippen molar-refractivity contribution in [1.82, 2.24) is 5.32 Å². The lowest BCUT2D eigenvalue weighted by atomic mass is 9.78. The number of nitrogens with zero attached hydrogens (tertiary/aromatic N) is 1. The molecule has 0 aromatic heterocycles. The van der Waals surface area contributed by atoms with Gasteiger partial charge < -0.3 is 14.8 Å². The third-order valence-corrected chi connectivity index (χ3v) is 3.26. The first kappa shape index (κ1) is 14.7. The Labute approximate surface area is 118 Å². The quantitative estimate of drug-likeness (QED) is 0.616. The maximum absolute atomic E-state index is 11.2. The Morgan fingerprint density at radius 2 is 2.30 bits per heavy atom. The Hall–Kier alpha value is -1.66. The summed E-state index contributed by atoms with van der Waals surface area (Å²) >= 11 is 0. The van der Waals surface area contributed by atoms with Gasteiger partial charge in [-0.25, -0.2) is 4.79 Å². The van der Waals surface area contributed by atoms with Crippen LogP contribution < -0.4 is 5.32 Å². The summed E-state index contributed by atoms with van der Waals surface area (Å²) in [5.74, 6) is 0. The van der Waals surface area contributed by atoms with Crippen molar-refractivity contribution in [2.75, 3.05) is 26.9 Å². The first-order valence-electron chi connectivity index (χ1n) is 6.61. The summed E-state index contributed by atoms with van der Waals surface area (Å²) in [6.45, 7) is 5.65. The van der Waals surface area contributed by atoms with Crippen molar-refractivity contribution < 1.29 is 19.1 Å². The number of ether oxygens (including phenoxy) is 2. The lowest BCUT2D eigenvalue weighted by Crippen LogP contribution is -2.38. The van der Waals surface area contributed by atoms with Crippen molar-refractivity contribution in [3.63, 3.8) is 0 Å². The van der Waals surface area contributed by atoms with E-state index in [-0.39, 0.29) is 11.5 Å². The Balaban J connectivity index is 2.24. The molecule has 1 aliphatic heterocycles. The van der Waals surface area contributed by atoms with Crippen LogP contribution in [0.15, 0.2) is 29.0 Å². The average molecular weight is 280 g/mol. The van der Waals surface area contributed by atoms with Gasteiger partial charge in [0.1, 0.15) is 6.10 Å². The molecule has 1 unspecified atom stereocenters. The summed E-state index contributed by atoms with van der Waals surface area (Å²) in [4.78, 5) is 16.1. The Morgan fingerprint density at radius 3 is 2.95 bits per heavy atom. The summed E-state index contributed by atoms with van der Waals surface area (Å²) in [5.41, 5.74) is 1.24. The molecule has 1 heterocycles. The number of nitrogens with one attached hydrogen (secondary N) is 1. The predicted molar refractivity (Wildman–Crippen MR) is 74.5 cm³/mol. The first-order chi connectivity index (χ1) is 9.54. The van der Waals surface area contributed by atoms with Crippen molar-refractivity contribution in [1.29, 1.82) is 0 Å². The van der Waals surface area contributed by atoms with Crippen LogP contribution in [0.4, 0.5) is 4.79 Å². The zero-order valence-electron chi connectivity index (χ0n) is 12.0. The third-order valence-electron chi connectivity index (χ3n) is 3.26. The van der Waals surface area contributed by atoms with Gasteiger partial charge in [0.25, 0.3) is 0 Å². The fourth-order valence-electron chi connectivity index (χ4n) is 2.15. The number of amides is 1. The molecular weight excluding hydrogens is 260 g/mol. The number of carbonyl (C=O) groups excluding carboxylic acids is 1. The van der Waals surface area contributed by atoms with Gasteiger partial charge in [0, 0.05) is 18.0 Å². The highest BCUT2D eigenvalue weighted by molar-refractivity contribution is 6.07. The second-order valence-electron chi connectivity index (χ2n) is 5.21. The van der Waals surface area contributed by atoms with Crippen LogP contribution >= 0.6 is 0 Å². The molecule has 1 amide bonds. The number of oxime groups is 1. The standard InChI is InChI=1S/C14H20N2O4/c1-14(2)6-4-5-10(11-9-18-7-8-19-11)12(14)16-20-13(17)15-3/h4-6,11H,7-9H2,1-3H3,(H,15,17). The molecule has 0 aromatic rings. The van der Waals surface area contributed by atoms with Crippen LogP contribution in [0.25, 0.3) is 0 Å². The van der Waals surface area contributed by atoms with E-state index in [1.807, 2.05) is 32.1 Å². The molecular formula is C14H20N2O4. The normalized spacial score (nSPS) is 27.1. The van der Waals surface area contributed by atoms with E-state index in [4.69, 9.17) is 14.3 Å². The van der Waals surface area contributed by atoms with Crippen molar-refractivity contribution in [2.45, 2.75) is 20.0 Å². The molecule has 1 atom stereocenters. The second-order valence-corrected chi connectivity index (χ2v) is 5.21. The summed E-state index contributed by atoms with van der Waals surface area (Å²) in [5, 5.41) is 6.38. The summed E-state index contributed by atoms with van der Waals surface area (Å²) in [6.07, 6.45) is 5.12. The monoisotopic (exact) mass is 280 g/mol. The largest absolute Gasteiger partial charge is 0.433 e. The van der Waals surface area contributed by atoms with Crippen LogP contribution in [0.2, 0.25) is 0 Å². The van der Waals surface area contributed by atoms with Crippen LogP contribution in [-0.4, -0.2) is 44.8 Å². The Morgan fingerprint density at radius 1 is 1.50 bits per heavy atom. The molecule has 20 heavy (non-hydrogen) atoms. The summed E-state index contributed by atoms with van der Waals surface area (Å²) in [6, 6.07) is 0. The maximum Gasteiger partial charge on any atom is 0.433 e. The molecule has 2 aliphatic rings. The van der Waals surface area contributed by atoms with Crippen molar-refractivity contribution >= 4 is 11.8 Å². The van der Waals surface area contributed by atoms with Crippen LogP contribution in [0, 0.1) is 5.41 Å². The van der Waals surface area contributed by atoms with E-state index in [9.17, 15) is 4.79 Å². The van der Waals surface area contributed by atoms with Crippen molar-refractivity contribution in [2.24, 2.45) is 10.6 Å². The number of hydrogen-bond acceptors (Lipinski definition) is 5. The van der Waals surface area contributed by atoms with Gasteiger partial charge in [-0.1, -0.05) is 37.2 Å². The Bertz CT molecular complexity index is 460. The van der Waals surface area contributed by atoms with E-state index >= 15 is 0 Å². The third kappa shape index (κ3) is 3.26. The maximum atomic E-state index is 11.2. The molecule has 0 bridgehead atoms. The highest BCUT2D eigenvalue weighted by Gasteiger charge is 2.34.